The van der Waals surface area contributed by atoms with Crippen LogP contribution >= 0.6 is 0 Å². The van der Waals surface area contributed by atoms with Gasteiger partial charge in [-0.05, 0) is 43.6 Å². The van der Waals surface area contributed by atoms with Crippen molar-refractivity contribution in [3.63, 3.8) is 0 Å². The molecular weight excluding hydrogens is 226 g/mol. The van der Waals surface area contributed by atoms with Crippen molar-refractivity contribution in [2.75, 3.05) is 13.2 Å². The topological polar surface area (TPSA) is 34.4 Å². The van der Waals surface area contributed by atoms with Crippen molar-refractivity contribution in [1.82, 2.24) is 4.57 Å². The van der Waals surface area contributed by atoms with Gasteiger partial charge in [0.25, 0.3) is 0 Å². The van der Waals surface area contributed by atoms with E-state index in [1.54, 1.807) is 0 Å². The van der Waals surface area contributed by atoms with E-state index in [9.17, 15) is 5.11 Å². The average molecular weight is 249 g/mol. The summed E-state index contributed by atoms with van der Waals surface area (Å²) < 4.78 is 7.84. The predicted octanol–water partition coefficient (Wildman–Crippen LogP) is 2.67. The van der Waals surface area contributed by atoms with Crippen molar-refractivity contribution in [3.05, 3.63) is 23.5 Å². The molecule has 2 heterocycles. The third-order valence-electron chi connectivity index (χ3n) is 4.62. The smallest absolute Gasteiger partial charge is 0.0807 e. The molecule has 0 spiro atoms. The zero-order valence-electron chi connectivity index (χ0n) is 11.2. The number of ether oxygens (including phenoxy) is 1. The van der Waals surface area contributed by atoms with Crippen LogP contribution in [0.25, 0.3) is 0 Å². The van der Waals surface area contributed by atoms with Crippen LogP contribution in [-0.4, -0.2) is 22.9 Å². The number of nitrogens with zero attached hydrogens (tertiary/aromatic N) is 1. The van der Waals surface area contributed by atoms with Crippen LogP contribution in [0, 0.1) is 5.41 Å². The molecule has 3 rings (SSSR count). The fourth-order valence-corrected chi connectivity index (χ4v) is 3.31. The summed E-state index contributed by atoms with van der Waals surface area (Å²) in [5, 5.41) is 10.0. The van der Waals surface area contributed by atoms with E-state index in [1.165, 1.54) is 5.69 Å². The molecular formula is C15H23NO2. The maximum absolute atomic E-state index is 10.0. The van der Waals surface area contributed by atoms with E-state index in [0.29, 0.717) is 5.41 Å². The van der Waals surface area contributed by atoms with Crippen LogP contribution in [0.15, 0.2) is 12.3 Å². The number of rotatable bonds is 2. The summed E-state index contributed by atoms with van der Waals surface area (Å²) in [4.78, 5) is 0. The zero-order valence-corrected chi connectivity index (χ0v) is 11.2. The van der Waals surface area contributed by atoms with Crippen molar-refractivity contribution in [3.8, 4) is 0 Å². The number of aromatic nitrogens is 1. The predicted molar refractivity (Wildman–Crippen MR) is 70.5 cm³/mol. The Balaban J connectivity index is 1.80. The van der Waals surface area contributed by atoms with Gasteiger partial charge < -0.3 is 14.4 Å². The van der Waals surface area contributed by atoms with Gasteiger partial charge in [-0.15, -0.1) is 0 Å². The second-order valence-corrected chi connectivity index (χ2v) is 6.18. The Morgan fingerprint density at radius 3 is 3.00 bits per heavy atom. The molecule has 1 aromatic heterocycles. The minimum atomic E-state index is -0.238. The molecule has 1 aliphatic carbocycles. The fraction of sp³-hybridized carbons (Fsp3) is 0.733. The minimum Gasteiger partial charge on any atom is -0.388 e. The molecule has 1 unspecified atom stereocenters. The van der Waals surface area contributed by atoms with Gasteiger partial charge in [-0.3, -0.25) is 0 Å². The molecule has 0 radical (unpaired) electrons. The summed E-state index contributed by atoms with van der Waals surface area (Å²) in [5.74, 6) is 0. The number of aliphatic hydroxyl groups excluding tert-OH is 1. The lowest BCUT2D eigenvalue weighted by molar-refractivity contribution is 0.0150. The Hall–Kier alpha value is -0.800. The van der Waals surface area contributed by atoms with Gasteiger partial charge in [-0.25, -0.2) is 0 Å². The molecule has 0 aromatic carbocycles. The molecule has 1 saturated heterocycles. The van der Waals surface area contributed by atoms with Crippen LogP contribution in [-0.2, 0) is 17.7 Å². The first-order chi connectivity index (χ1) is 8.68. The molecule has 100 valence electrons. The van der Waals surface area contributed by atoms with E-state index in [0.717, 1.165) is 57.4 Å². The number of hydrogen-bond donors (Lipinski definition) is 1. The Morgan fingerprint density at radius 2 is 2.22 bits per heavy atom. The lowest BCUT2D eigenvalue weighted by Gasteiger charge is -2.35. The van der Waals surface area contributed by atoms with Crippen LogP contribution in [0.1, 0.15) is 50.0 Å². The normalized spacial score (nSPS) is 26.9. The molecule has 1 aromatic rings. The summed E-state index contributed by atoms with van der Waals surface area (Å²) in [5.41, 5.74) is 2.88. The molecule has 1 fully saturated rings. The maximum Gasteiger partial charge on any atom is 0.0807 e. The lowest BCUT2D eigenvalue weighted by atomic mass is 9.82. The van der Waals surface area contributed by atoms with Crippen LogP contribution < -0.4 is 0 Å². The number of fused-ring (bicyclic) bond motifs is 1. The van der Waals surface area contributed by atoms with Gasteiger partial charge in [0.1, 0.15) is 0 Å². The minimum absolute atomic E-state index is 0.238. The number of hydrogen-bond acceptors (Lipinski definition) is 2. The first-order valence-electron chi connectivity index (χ1n) is 7.12. The molecule has 0 bridgehead atoms. The summed E-state index contributed by atoms with van der Waals surface area (Å²) >= 11 is 0. The van der Waals surface area contributed by atoms with E-state index in [4.69, 9.17) is 4.74 Å². The molecule has 1 atom stereocenters. The van der Waals surface area contributed by atoms with E-state index in [1.807, 2.05) is 0 Å². The van der Waals surface area contributed by atoms with Gasteiger partial charge in [-0.1, -0.05) is 6.92 Å². The first kappa shape index (κ1) is 12.2. The SMILES string of the molecule is CC1(Cn2ccc3c2CCCC3O)CCOCC1. The van der Waals surface area contributed by atoms with Gasteiger partial charge in [0, 0.05) is 37.2 Å². The average Bonchev–Trinajstić information content (AvgIpc) is 2.74. The monoisotopic (exact) mass is 249 g/mol. The molecule has 1 aliphatic heterocycles. The van der Waals surface area contributed by atoms with Crippen LogP contribution in [0.5, 0.6) is 0 Å². The van der Waals surface area contributed by atoms with E-state index in [2.05, 4.69) is 23.8 Å². The summed E-state index contributed by atoms with van der Waals surface area (Å²) in [6.45, 7) is 5.21. The third-order valence-corrected chi connectivity index (χ3v) is 4.62. The van der Waals surface area contributed by atoms with Crippen LogP contribution in [0.2, 0.25) is 0 Å². The van der Waals surface area contributed by atoms with Gasteiger partial charge in [-0.2, -0.15) is 0 Å². The Labute approximate surface area is 109 Å². The second kappa shape index (κ2) is 4.71. The molecule has 2 aliphatic rings. The van der Waals surface area contributed by atoms with E-state index in [-0.39, 0.29) is 6.10 Å². The van der Waals surface area contributed by atoms with Gasteiger partial charge in [0.15, 0.2) is 0 Å². The Kier molecular flexibility index (Phi) is 3.20. The van der Waals surface area contributed by atoms with E-state index < -0.39 is 0 Å². The largest absolute Gasteiger partial charge is 0.388 e. The molecule has 1 N–H and O–H groups in total. The van der Waals surface area contributed by atoms with Crippen molar-refractivity contribution < 1.29 is 9.84 Å². The van der Waals surface area contributed by atoms with Gasteiger partial charge in [0.05, 0.1) is 6.10 Å². The number of aliphatic hydroxyl groups is 1. The zero-order chi connectivity index (χ0) is 12.6. The lowest BCUT2D eigenvalue weighted by Crippen LogP contribution is -2.31. The van der Waals surface area contributed by atoms with Crippen molar-refractivity contribution in [1.29, 1.82) is 0 Å². The molecule has 18 heavy (non-hydrogen) atoms. The third kappa shape index (κ3) is 2.21. The van der Waals surface area contributed by atoms with Crippen molar-refractivity contribution >= 4 is 0 Å². The molecule has 0 amide bonds. The van der Waals surface area contributed by atoms with Gasteiger partial charge >= 0.3 is 0 Å². The van der Waals surface area contributed by atoms with Crippen LogP contribution in [0.4, 0.5) is 0 Å². The quantitative estimate of drug-likeness (QED) is 0.874. The molecule has 3 heteroatoms. The maximum atomic E-state index is 10.0. The van der Waals surface area contributed by atoms with Gasteiger partial charge in [0.2, 0.25) is 0 Å². The summed E-state index contributed by atoms with van der Waals surface area (Å²) in [6.07, 6.45) is 7.36. The molecule has 3 nitrogen and oxygen atoms in total. The Bertz CT molecular complexity index is 418. The fourth-order valence-electron chi connectivity index (χ4n) is 3.31. The standard InChI is InChI=1S/C15H23NO2/c1-15(6-9-18-10-7-15)11-16-8-5-12-13(16)3-2-4-14(12)17/h5,8,14,17H,2-4,6-7,9-11H2,1H3. The highest BCUT2D eigenvalue weighted by atomic mass is 16.5. The van der Waals surface area contributed by atoms with Crippen molar-refractivity contribution in [2.45, 2.75) is 51.7 Å². The van der Waals surface area contributed by atoms with Crippen LogP contribution in [0.3, 0.4) is 0 Å². The van der Waals surface area contributed by atoms with E-state index >= 15 is 0 Å². The molecule has 0 saturated carbocycles. The highest BCUT2D eigenvalue weighted by Gasteiger charge is 2.30. The summed E-state index contributed by atoms with van der Waals surface area (Å²) in [7, 11) is 0. The second-order valence-electron chi connectivity index (χ2n) is 6.18. The summed E-state index contributed by atoms with van der Waals surface area (Å²) in [6, 6.07) is 2.11. The highest BCUT2D eigenvalue weighted by Crippen LogP contribution is 2.35. The Morgan fingerprint density at radius 1 is 1.44 bits per heavy atom. The van der Waals surface area contributed by atoms with Crippen molar-refractivity contribution in [2.24, 2.45) is 5.41 Å². The first-order valence-corrected chi connectivity index (χ1v) is 7.12. The highest BCUT2D eigenvalue weighted by molar-refractivity contribution is 5.27.